The first-order valence-electron chi connectivity index (χ1n) is 4.02. The Bertz CT molecular complexity index is 142. The summed E-state index contributed by atoms with van der Waals surface area (Å²) < 4.78 is 10.7. The molecule has 0 aromatic carbocycles. The van der Waals surface area contributed by atoms with Gasteiger partial charge in [0.05, 0.1) is 6.61 Å². The molecule has 0 aliphatic carbocycles. The lowest BCUT2D eigenvalue weighted by Crippen LogP contribution is -2.35. The van der Waals surface area contributed by atoms with E-state index in [-0.39, 0.29) is 18.8 Å². The fraction of sp³-hybridized carbons (Fsp3) is 1.00. The van der Waals surface area contributed by atoms with Crippen LogP contribution in [0.3, 0.4) is 0 Å². The minimum atomic E-state index is -0.923. The number of hydrogen-bond acceptors (Lipinski definition) is 5. The highest BCUT2D eigenvalue weighted by atomic mass is 16.8. The Kier molecular flexibility index (Phi) is 3.03. The molecule has 1 aliphatic rings. The van der Waals surface area contributed by atoms with E-state index in [2.05, 4.69) is 0 Å². The first kappa shape index (κ1) is 9.88. The average Bonchev–Trinajstić information content (AvgIpc) is 2.43. The molecule has 0 unspecified atom stereocenters. The number of aliphatic hydroxyl groups excluding tert-OH is 1. The van der Waals surface area contributed by atoms with Crippen molar-refractivity contribution in [3.63, 3.8) is 0 Å². The van der Waals surface area contributed by atoms with Crippen molar-refractivity contribution >= 4 is 0 Å². The first-order valence-corrected chi connectivity index (χ1v) is 4.02. The predicted octanol–water partition coefficient (Wildman–Crippen LogP) is -1.60. The van der Waals surface area contributed by atoms with Gasteiger partial charge >= 0.3 is 0 Å². The van der Waals surface area contributed by atoms with Crippen LogP contribution < -0.4 is 11.5 Å². The van der Waals surface area contributed by atoms with Crippen molar-refractivity contribution in [2.45, 2.75) is 24.9 Å². The van der Waals surface area contributed by atoms with Crippen molar-refractivity contribution in [2.75, 3.05) is 19.7 Å². The molecule has 5 N–H and O–H groups in total. The molecule has 5 heteroatoms. The molecule has 5 nitrogen and oxygen atoms in total. The molecule has 72 valence electrons. The van der Waals surface area contributed by atoms with Crippen LogP contribution in [0.5, 0.6) is 0 Å². The molecular weight excluding hydrogens is 160 g/mol. The van der Waals surface area contributed by atoms with Gasteiger partial charge in [-0.2, -0.15) is 0 Å². The molecule has 1 heterocycles. The molecule has 1 aliphatic heterocycles. The van der Waals surface area contributed by atoms with Crippen LogP contribution in [-0.2, 0) is 9.47 Å². The van der Waals surface area contributed by atoms with Gasteiger partial charge in [0.2, 0.25) is 0 Å². The third-order valence-electron chi connectivity index (χ3n) is 1.97. The van der Waals surface area contributed by atoms with Gasteiger partial charge in [-0.15, -0.1) is 0 Å². The van der Waals surface area contributed by atoms with E-state index in [4.69, 9.17) is 26.0 Å². The fourth-order valence-electron chi connectivity index (χ4n) is 1.29. The Morgan fingerprint density at radius 2 is 1.67 bits per heavy atom. The molecule has 0 saturated carbocycles. The summed E-state index contributed by atoms with van der Waals surface area (Å²) >= 11 is 0. The summed E-state index contributed by atoms with van der Waals surface area (Å²) in [6.07, 6.45) is -0.403. The zero-order valence-electron chi connectivity index (χ0n) is 7.19. The minimum absolute atomic E-state index is 0.181. The summed E-state index contributed by atoms with van der Waals surface area (Å²) in [5, 5.41) is 8.92. The number of aliphatic hydroxyl groups is 1. The van der Waals surface area contributed by atoms with Crippen molar-refractivity contribution in [1.82, 2.24) is 0 Å². The standard InChI is InChI=1S/C7H16N2O3/c1-7(4-10)11-5(2-8)6(3-9)12-7/h5-6,10H,2-4,8-9H2,1H3/t5-,6-/m0/s1. The Labute approximate surface area is 71.6 Å². The monoisotopic (exact) mass is 176 g/mol. The van der Waals surface area contributed by atoms with Crippen molar-refractivity contribution in [2.24, 2.45) is 11.5 Å². The van der Waals surface area contributed by atoms with Crippen molar-refractivity contribution in [1.29, 1.82) is 0 Å². The van der Waals surface area contributed by atoms with Crippen LogP contribution in [0.1, 0.15) is 6.92 Å². The lowest BCUT2D eigenvalue weighted by molar-refractivity contribution is -0.183. The van der Waals surface area contributed by atoms with Gasteiger partial charge in [0.1, 0.15) is 12.2 Å². The van der Waals surface area contributed by atoms with Gasteiger partial charge in [0.15, 0.2) is 5.79 Å². The quantitative estimate of drug-likeness (QED) is 0.481. The molecule has 2 atom stereocenters. The van der Waals surface area contributed by atoms with Crippen LogP contribution in [0.25, 0.3) is 0 Å². The average molecular weight is 176 g/mol. The summed E-state index contributed by atoms with van der Waals surface area (Å²) in [6, 6.07) is 0. The molecule has 1 saturated heterocycles. The molecule has 0 aromatic heterocycles. The molecule has 0 aromatic rings. The van der Waals surface area contributed by atoms with Crippen molar-refractivity contribution < 1.29 is 14.6 Å². The van der Waals surface area contributed by atoms with Crippen LogP contribution in [0.2, 0.25) is 0 Å². The highest BCUT2D eigenvalue weighted by Gasteiger charge is 2.42. The van der Waals surface area contributed by atoms with E-state index < -0.39 is 5.79 Å². The Hall–Kier alpha value is -0.200. The smallest absolute Gasteiger partial charge is 0.189 e. The van der Waals surface area contributed by atoms with Crippen LogP contribution in [-0.4, -0.2) is 42.8 Å². The van der Waals surface area contributed by atoms with E-state index in [1.807, 2.05) is 0 Å². The molecule has 1 rings (SSSR count). The molecular formula is C7H16N2O3. The minimum Gasteiger partial charge on any atom is -0.391 e. The molecule has 0 radical (unpaired) electrons. The molecule has 0 bridgehead atoms. The summed E-state index contributed by atoms with van der Waals surface area (Å²) in [5.41, 5.74) is 10.9. The van der Waals surface area contributed by atoms with Crippen LogP contribution in [0.4, 0.5) is 0 Å². The summed E-state index contributed by atoms with van der Waals surface area (Å²) in [4.78, 5) is 0. The van der Waals surface area contributed by atoms with Crippen LogP contribution >= 0.6 is 0 Å². The zero-order chi connectivity index (χ0) is 9.19. The van der Waals surface area contributed by atoms with Gasteiger partial charge in [-0.25, -0.2) is 0 Å². The molecule has 12 heavy (non-hydrogen) atoms. The number of ether oxygens (including phenoxy) is 2. The molecule has 0 spiro atoms. The second kappa shape index (κ2) is 3.68. The third kappa shape index (κ3) is 1.75. The van der Waals surface area contributed by atoms with Gasteiger partial charge in [-0.1, -0.05) is 0 Å². The normalized spacial score (nSPS) is 34.0. The predicted molar refractivity (Wildman–Crippen MR) is 43.3 cm³/mol. The third-order valence-corrected chi connectivity index (χ3v) is 1.97. The van der Waals surface area contributed by atoms with Gasteiger partial charge in [0.25, 0.3) is 0 Å². The van der Waals surface area contributed by atoms with Crippen molar-refractivity contribution in [3.05, 3.63) is 0 Å². The number of nitrogens with two attached hydrogens (primary N) is 2. The van der Waals surface area contributed by atoms with E-state index in [0.29, 0.717) is 13.1 Å². The van der Waals surface area contributed by atoms with Gasteiger partial charge in [-0.3, -0.25) is 0 Å². The maximum absolute atomic E-state index is 8.92. The van der Waals surface area contributed by atoms with E-state index >= 15 is 0 Å². The lowest BCUT2D eigenvalue weighted by Gasteiger charge is -2.19. The fourth-order valence-corrected chi connectivity index (χ4v) is 1.29. The Morgan fingerprint density at radius 1 is 1.25 bits per heavy atom. The van der Waals surface area contributed by atoms with Crippen LogP contribution in [0, 0.1) is 0 Å². The highest BCUT2D eigenvalue weighted by molar-refractivity contribution is 4.84. The second-order valence-electron chi connectivity index (χ2n) is 3.08. The van der Waals surface area contributed by atoms with Crippen LogP contribution in [0.15, 0.2) is 0 Å². The van der Waals surface area contributed by atoms with E-state index in [9.17, 15) is 0 Å². The highest BCUT2D eigenvalue weighted by Crippen LogP contribution is 2.26. The topological polar surface area (TPSA) is 90.7 Å². The van der Waals surface area contributed by atoms with Gasteiger partial charge in [0, 0.05) is 13.1 Å². The van der Waals surface area contributed by atoms with Crippen molar-refractivity contribution in [3.8, 4) is 0 Å². The summed E-state index contributed by atoms with van der Waals surface area (Å²) in [7, 11) is 0. The second-order valence-corrected chi connectivity index (χ2v) is 3.08. The Morgan fingerprint density at radius 3 is 1.92 bits per heavy atom. The SMILES string of the molecule is CC1(CO)O[C@@H](CN)[C@H](CN)O1. The Balaban J connectivity index is 2.58. The van der Waals surface area contributed by atoms with E-state index in [0.717, 1.165) is 0 Å². The van der Waals surface area contributed by atoms with E-state index in [1.54, 1.807) is 6.92 Å². The zero-order valence-corrected chi connectivity index (χ0v) is 7.19. The summed E-state index contributed by atoms with van der Waals surface area (Å²) in [6.45, 7) is 2.21. The lowest BCUT2D eigenvalue weighted by atomic mass is 10.2. The largest absolute Gasteiger partial charge is 0.391 e. The number of rotatable bonds is 3. The van der Waals surface area contributed by atoms with E-state index in [1.165, 1.54) is 0 Å². The van der Waals surface area contributed by atoms with Gasteiger partial charge < -0.3 is 26.0 Å². The first-order chi connectivity index (χ1) is 5.65. The molecule has 1 fully saturated rings. The maximum atomic E-state index is 8.92. The number of hydrogen-bond donors (Lipinski definition) is 3. The summed E-state index contributed by atoms with van der Waals surface area (Å²) in [5.74, 6) is -0.923. The van der Waals surface area contributed by atoms with Gasteiger partial charge in [-0.05, 0) is 6.92 Å². The molecule has 0 amide bonds. The maximum Gasteiger partial charge on any atom is 0.189 e.